The highest BCUT2D eigenvalue weighted by Crippen LogP contribution is 2.24. The summed E-state index contributed by atoms with van der Waals surface area (Å²) in [5.74, 6) is 0. The fourth-order valence-corrected chi connectivity index (χ4v) is 2.55. The summed E-state index contributed by atoms with van der Waals surface area (Å²) in [6.45, 7) is 15.8. The molecule has 0 heterocycles. The summed E-state index contributed by atoms with van der Waals surface area (Å²) in [5, 5.41) is 13.3. The summed E-state index contributed by atoms with van der Waals surface area (Å²) >= 11 is 0. The van der Waals surface area contributed by atoms with E-state index in [2.05, 4.69) is 58.8 Å². The van der Waals surface area contributed by atoms with Gasteiger partial charge in [-0.1, -0.05) is 34.6 Å². The molecule has 0 aliphatic carbocycles. The van der Waals surface area contributed by atoms with Crippen molar-refractivity contribution in [3.63, 3.8) is 0 Å². The van der Waals surface area contributed by atoms with Gasteiger partial charge >= 0.3 is 0 Å². The molecule has 0 aliphatic heterocycles. The van der Waals surface area contributed by atoms with Gasteiger partial charge in [0.1, 0.15) is 0 Å². The predicted octanol–water partition coefficient (Wildman–Crippen LogP) is 3.27. The average molecular weight is 287 g/mol. The Labute approximate surface area is 127 Å². The zero-order valence-electron chi connectivity index (χ0n) is 14.9. The molecule has 0 saturated heterocycles. The smallest absolute Gasteiger partial charge is 0.0613 e. The second-order valence-electron chi connectivity index (χ2n) is 7.34. The highest BCUT2D eigenvalue weighted by atomic mass is 16.3. The Morgan fingerprint density at radius 3 is 2.20 bits per heavy atom. The van der Waals surface area contributed by atoms with Gasteiger partial charge in [0, 0.05) is 11.6 Å². The minimum atomic E-state index is -0.0815. The second-order valence-corrected chi connectivity index (χ2v) is 7.34. The van der Waals surface area contributed by atoms with Crippen LogP contribution in [-0.2, 0) is 0 Å². The maximum absolute atomic E-state index is 9.73. The van der Waals surface area contributed by atoms with Crippen molar-refractivity contribution in [1.29, 1.82) is 0 Å². The van der Waals surface area contributed by atoms with E-state index in [1.807, 2.05) is 0 Å². The minimum absolute atomic E-state index is 0.0815. The Hall–Kier alpha value is -0.120. The van der Waals surface area contributed by atoms with Crippen LogP contribution in [0.2, 0.25) is 0 Å². The summed E-state index contributed by atoms with van der Waals surface area (Å²) < 4.78 is 0. The third kappa shape index (κ3) is 6.55. The summed E-state index contributed by atoms with van der Waals surface area (Å²) in [6.07, 6.45) is 4.27. The van der Waals surface area contributed by atoms with Crippen molar-refractivity contribution in [2.45, 2.75) is 78.8 Å². The van der Waals surface area contributed by atoms with Crippen molar-refractivity contribution in [3.05, 3.63) is 0 Å². The van der Waals surface area contributed by atoms with Gasteiger partial charge in [0.05, 0.1) is 6.61 Å². The van der Waals surface area contributed by atoms with Gasteiger partial charge in [-0.05, 0) is 58.2 Å². The topological polar surface area (TPSA) is 35.5 Å². The van der Waals surface area contributed by atoms with E-state index >= 15 is 0 Å². The van der Waals surface area contributed by atoms with Crippen molar-refractivity contribution >= 4 is 0 Å². The number of nitrogens with zero attached hydrogens (tertiary/aromatic N) is 1. The van der Waals surface area contributed by atoms with E-state index in [0.29, 0.717) is 11.5 Å². The van der Waals surface area contributed by atoms with Gasteiger partial charge in [-0.25, -0.2) is 0 Å². The lowest BCUT2D eigenvalue weighted by Gasteiger charge is -2.37. The lowest BCUT2D eigenvalue weighted by Crippen LogP contribution is -2.49. The number of rotatable bonds is 10. The highest BCUT2D eigenvalue weighted by molar-refractivity contribution is 4.86. The van der Waals surface area contributed by atoms with Crippen LogP contribution in [0, 0.1) is 5.41 Å². The zero-order valence-corrected chi connectivity index (χ0v) is 14.9. The molecule has 0 fully saturated rings. The molecule has 0 aromatic rings. The van der Waals surface area contributed by atoms with E-state index in [4.69, 9.17) is 0 Å². The van der Waals surface area contributed by atoms with Crippen LogP contribution in [0.1, 0.15) is 67.2 Å². The van der Waals surface area contributed by atoms with Gasteiger partial charge in [-0.15, -0.1) is 0 Å². The van der Waals surface area contributed by atoms with E-state index in [1.54, 1.807) is 0 Å². The molecule has 0 aromatic heterocycles. The van der Waals surface area contributed by atoms with E-state index in [9.17, 15) is 5.11 Å². The normalized spacial score (nSPS) is 17.2. The Balaban J connectivity index is 4.30. The molecule has 0 rings (SSSR count). The molecule has 0 amide bonds. The Morgan fingerprint density at radius 2 is 1.80 bits per heavy atom. The first-order valence-electron chi connectivity index (χ1n) is 8.28. The predicted molar refractivity (Wildman–Crippen MR) is 89.2 cm³/mol. The van der Waals surface area contributed by atoms with Crippen LogP contribution in [0.25, 0.3) is 0 Å². The summed E-state index contributed by atoms with van der Waals surface area (Å²) in [4.78, 5) is 2.44. The van der Waals surface area contributed by atoms with Crippen LogP contribution in [0.4, 0.5) is 0 Å². The summed E-state index contributed by atoms with van der Waals surface area (Å²) in [6, 6.07) is 0.566. The summed E-state index contributed by atoms with van der Waals surface area (Å²) in [5.41, 5.74) is 0.232. The quantitative estimate of drug-likeness (QED) is 0.647. The first kappa shape index (κ1) is 19.9. The molecule has 0 bridgehead atoms. The molecule has 122 valence electrons. The minimum Gasteiger partial charge on any atom is -0.394 e. The van der Waals surface area contributed by atoms with Crippen molar-refractivity contribution in [3.8, 4) is 0 Å². The van der Waals surface area contributed by atoms with Gasteiger partial charge in [0.25, 0.3) is 0 Å². The maximum atomic E-state index is 9.73. The Kier molecular flexibility index (Phi) is 8.96. The molecule has 2 N–H and O–H groups in total. The lowest BCUT2D eigenvalue weighted by atomic mass is 9.86. The van der Waals surface area contributed by atoms with E-state index in [1.165, 1.54) is 0 Å². The number of hydrogen-bond acceptors (Lipinski definition) is 3. The first-order chi connectivity index (χ1) is 9.22. The number of hydrogen-bond donors (Lipinski definition) is 2. The fraction of sp³-hybridized carbons (Fsp3) is 1.00. The molecule has 0 aromatic carbocycles. The lowest BCUT2D eigenvalue weighted by molar-refractivity contribution is 0.117. The fourth-order valence-electron chi connectivity index (χ4n) is 2.55. The molecule has 0 radical (unpaired) electrons. The van der Waals surface area contributed by atoms with Crippen LogP contribution in [0.5, 0.6) is 0 Å². The molecular formula is C17H38N2O. The third-order valence-electron chi connectivity index (χ3n) is 4.81. The Morgan fingerprint density at radius 1 is 1.20 bits per heavy atom. The van der Waals surface area contributed by atoms with Crippen molar-refractivity contribution in [1.82, 2.24) is 10.2 Å². The number of aliphatic hydroxyl groups excluding tert-OH is 1. The highest BCUT2D eigenvalue weighted by Gasteiger charge is 2.27. The number of nitrogens with one attached hydrogen (secondary N) is 1. The third-order valence-corrected chi connectivity index (χ3v) is 4.81. The van der Waals surface area contributed by atoms with Gasteiger partial charge in [0.2, 0.25) is 0 Å². The van der Waals surface area contributed by atoms with Crippen LogP contribution in [0.3, 0.4) is 0 Å². The van der Waals surface area contributed by atoms with Crippen molar-refractivity contribution in [2.75, 3.05) is 26.7 Å². The first-order valence-corrected chi connectivity index (χ1v) is 8.28. The molecule has 0 spiro atoms. The van der Waals surface area contributed by atoms with Crippen LogP contribution in [0.15, 0.2) is 0 Å². The van der Waals surface area contributed by atoms with E-state index < -0.39 is 0 Å². The van der Waals surface area contributed by atoms with E-state index in [0.717, 1.165) is 38.8 Å². The standard InChI is InChI=1S/C17H38N2O/c1-8-12-18-17(9-2,14-20)11-10-13-19(7)15(3)16(4,5)6/h15,18,20H,8-14H2,1-7H3. The average Bonchev–Trinajstić information content (AvgIpc) is 2.40. The van der Waals surface area contributed by atoms with Gasteiger partial charge < -0.3 is 15.3 Å². The SMILES string of the molecule is CCCNC(CC)(CO)CCCN(C)C(C)C(C)(C)C. The monoisotopic (exact) mass is 286 g/mol. The second kappa shape index (κ2) is 9.01. The molecule has 0 saturated carbocycles. The molecule has 3 nitrogen and oxygen atoms in total. The molecule has 3 heteroatoms. The Bertz CT molecular complexity index is 244. The summed E-state index contributed by atoms with van der Waals surface area (Å²) in [7, 11) is 2.21. The zero-order chi connectivity index (χ0) is 15.8. The van der Waals surface area contributed by atoms with Crippen LogP contribution in [-0.4, -0.2) is 48.3 Å². The number of aliphatic hydroxyl groups is 1. The molecule has 20 heavy (non-hydrogen) atoms. The molecule has 2 unspecified atom stereocenters. The molecule has 2 atom stereocenters. The van der Waals surface area contributed by atoms with Crippen LogP contribution >= 0.6 is 0 Å². The molecule has 0 aliphatic rings. The van der Waals surface area contributed by atoms with Gasteiger partial charge in [-0.2, -0.15) is 0 Å². The van der Waals surface area contributed by atoms with E-state index in [-0.39, 0.29) is 12.1 Å². The largest absolute Gasteiger partial charge is 0.394 e. The van der Waals surface area contributed by atoms with Crippen LogP contribution < -0.4 is 5.32 Å². The van der Waals surface area contributed by atoms with Crippen molar-refractivity contribution < 1.29 is 5.11 Å². The maximum Gasteiger partial charge on any atom is 0.0613 e. The van der Waals surface area contributed by atoms with Gasteiger partial charge in [0.15, 0.2) is 0 Å². The molecular weight excluding hydrogens is 248 g/mol. The van der Waals surface area contributed by atoms with Crippen molar-refractivity contribution in [2.24, 2.45) is 5.41 Å². The van der Waals surface area contributed by atoms with Gasteiger partial charge in [-0.3, -0.25) is 0 Å².